The Morgan fingerprint density at radius 2 is 1.86 bits per heavy atom. The summed E-state index contributed by atoms with van der Waals surface area (Å²) in [5.41, 5.74) is -1.63. The van der Waals surface area contributed by atoms with Crippen molar-refractivity contribution in [3.63, 3.8) is 0 Å². The van der Waals surface area contributed by atoms with Gasteiger partial charge in [-0.25, -0.2) is 0 Å². The lowest BCUT2D eigenvalue weighted by molar-refractivity contribution is -0.172. The number of Topliss-reactive ketones (excluding diaryl/α,β-unsaturated/α-hetero) is 1. The molecule has 0 radical (unpaired) electrons. The molecule has 154 valence electrons. The minimum Gasteiger partial charge on any atom is -0.466 e. The van der Waals surface area contributed by atoms with E-state index in [1.54, 1.807) is 6.92 Å². The third-order valence-electron chi connectivity index (χ3n) is 5.26. The van der Waals surface area contributed by atoms with Gasteiger partial charge in [-0.1, -0.05) is 27.2 Å². The summed E-state index contributed by atoms with van der Waals surface area (Å²) in [6.45, 7) is 8.43. The maximum atomic E-state index is 12.9. The molecular weight excluding hydrogens is 364 g/mol. The molecule has 1 aliphatic heterocycles. The fourth-order valence-corrected chi connectivity index (χ4v) is 3.07. The fourth-order valence-electron chi connectivity index (χ4n) is 3.07. The van der Waals surface area contributed by atoms with Crippen molar-refractivity contribution in [3.05, 3.63) is 35.3 Å². The van der Waals surface area contributed by atoms with Crippen molar-refractivity contribution < 1.29 is 34.1 Å². The summed E-state index contributed by atoms with van der Waals surface area (Å²) in [5.74, 6) is -2.04. The first kappa shape index (κ1) is 22.0. The zero-order chi connectivity index (χ0) is 21.2. The van der Waals surface area contributed by atoms with Crippen LogP contribution < -0.4 is 0 Å². The summed E-state index contributed by atoms with van der Waals surface area (Å²) < 4.78 is 10.6. The van der Waals surface area contributed by atoms with Gasteiger partial charge in [0, 0.05) is 0 Å². The van der Waals surface area contributed by atoms with Gasteiger partial charge in [-0.3, -0.25) is 14.4 Å². The molecule has 0 amide bonds. The molecule has 0 saturated heterocycles. The van der Waals surface area contributed by atoms with E-state index in [1.807, 2.05) is 13.8 Å². The molecule has 2 rings (SSSR count). The van der Waals surface area contributed by atoms with Gasteiger partial charge in [0.1, 0.15) is 18.1 Å². The predicted molar refractivity (Wildman–Crippen MR) is 101 cm³/mol. The van der Waals surface area contributed by atoms with Crippen LogP contribution in [0.4, 0.5) is 0 Å². The summed E-state index contributed by atoms with van der Waals surface area (Å²) in [6.07, 6.45) is 2.76. The molecule has 0 fully saturated rings. The summed E-state index contributed by atoms with van der Waals surface area (Å²) in [6, 6.07) is 0. The van der Waals surface area contributed by atoms with Crippen LogP contribution in [0.25, 0.3) is 0 Å². The number of carbonyl (C=O) groups excluding carboxylic acids is 3. The molecule has 2 N–H and O–H groups in total. The first-order valence-corrected chi connectivity index (χ1v) is 9.49. The zero-order valence-electron chi connectivity index (χ0n) is 16.9. The van der Waals surface area contributed by atoms with Crippen molar-refractivity contribution in [3.8, 4) is 0 Å². The average molecular weight is 392 g/mol. The van der Waals surface area contributed by atoms with E-state index < -0.39 is 41.3 Å². The third-order valence-corrected chi connectivity index (χ3v) is 5.26. The van der Waals surface area contributed by atoms with Crippen molar-refractivity contribution in [1.82, 2.24) is 0 Å². The van der Waals surface area contributed by atoms with Gasteiger partial charge in [0.25, 0.3) is 0 Å². The van der Waals surface area contributed by atoms with Crippen LogP contribution in [-0.4, -0.2) is 45.6 Å². The number of allylic oxidation sites excluding steroid dienone is 2. The molecule has 7 nitrogen and oxygen atoms in total. The maximum absolute atomic E-state index is 12.9. The van der Waals surface area contributed by atoms with Crippen molar-refractivity contribution in [2.75, 3.05) is 0 Å². The smallest absolute Gasteiger partial charge is 0.310 e. The molecule has 0 spiro atoms. The van der Waals surface area contributed by atoms with Crippen molar-refractivity contribution >= 4 is 17.5 Å². The Morgan fingerprint density at radius 3 is 2.43 bits per heavy atom. The first-order valence-electron chi connectivity index (χ1n) is 9.49. The highest BCUT2D eigenvalue weighted by Crippen LogP contribution is 2.34. The minimum atomic E-state index is -1.95. The van der Waals surface area contributed by atoms with Gasteiger partial charge in [-0.15, -0.1) is 0 Å². The van der Waals surface area contributed by atoms with E-state index in [2.05, 4.69) is 0 Å². The number of ether oxygens (including phenoxy) is 2. The summed E-state index contributed by atoms with van der Waals surface area (Å²) in [5, 5.41) is 19.4. The standard InChI is InChI=1S/C21H28O7/c1-6-11(2)7-12(3)20(26)28-21(5)17(23)9-14-8-16(18(24)13(4)22)27-10-15(14)19(21)25/h8-13,18,22,24H,6-7H2,1-5H3/t11-,12+,13-,18-,21-/m0/s1. The van der Waals surface area contributed by atoms with Crippen molar-refractivity contribution in [1.29, 1.82) is 0 Å². The summed E-state index contributed by atoms with van der Waals surface area (Å²) >= 11 is 0. The van der Waals surface area contributed by atoms with E-state index in [0.717, 1.165) is 12.7 Å². The normalized spacial score (nSPS) is 26.0. The molecule has 0 saturated carbocycles. The van der Waals surface area contributed by atoms with Gasteiger partial charge in [0.15, 0.2) is 0 Å². The molecule has 2 aliphatic rings. The van der Waals surface area contributed by atoms with Crippen LogP contribution >= 0.6 is 0 Å². The van der Waals surface area contributed by atoms with E-state index in [0.29, 0.717) is 12.3 Å². The number of aliphatic hydroxyl groups is 2. The summed E-state index contributed by atoms with van der Waals surface area (Å²) in [7, 11) is 0. The molecule has 1 heterocycles. The maximum Gasteiger partial charge on any atom is 0.310 e. The highest BCUT2D eigenvalue weighted by atomic mass is 16.6. The zero-order valence-corrected chi connectivity index (χ0v) is 16.9. The van der Waals surface area contributed by atoms with Gasteiger partial charge >= 0.3 is 5.97 Å². The molecule has 5 atom stereocenters. The number of carbonyl (C=O) groups is 3. The Hall–Kier alpha value is -2.25. The van der Waals surface area contributed by atoms with Crippen LogP contribution in [0.1, 0.15) is 47.5 Å². The van der Waals surface area contributed by atoms with E-state index in [-0.39, 0.29) is 16.9 Å². The molecule has 28 heavy (non-hydrogen) atoms. The van der Waals surface area contributed by atoms with Crippen molar-refractivity contribution in [2.45, 2.75) is 65.3 Å². The van der Waals surface area contributed by atoms with E-state index >= 15 is 0 Å². The summed E-state index contributed by atoms with van der Waals surface area (Å²) in [4.78, 5) is 38.0. The average Bonchev–Trinajstić information content (AvgIpc) is 2.65. The highest BCUT2D eigenvalue weighted by molar-refractivity contribution is 6.26. The lowest BCUT2D eigenvalue weighted by Crippen LogP contribution is -2.51. The fraction of sp³-hybridized carbons (Fsp3) is 0.571. The Morgan fingerprint density at radius 1 is 1.21 bits per heavy atom. The van der Waals surface area contributed by atoms with Gasteiger partial charge in [-0.2, -0.15) is 0 Å². The number of ketones is 2. The molecule has 7 heteroatoms. The third kappa shape index (κ3) is 4.25. The predicted octanol–water partition coefficient (Wildman–Crippen LogP) is 1.98. The second-order valence-corrected chi connectivity index (χ2v) is 7.78. The first-order chi connectivity index (χ1) is 13.0. The van der Waals surface area contributed by atoms with Crippen LogP contribution in [0.2, 0.25) is 0 Å². The van der Waals surface area contributed by atoms with E-state index in [1.165, 1.54) is 26.0 Å². The lowest BCUT2D eigenvalue weighted by Gasteiger charge is -2.33. The number of aliphatic hydroxyl groups excluding tert-OH is 2. The van der Waals surface area contributed by atoms with Crippen LogP contribution in [0.3, 0.4) is 0 Å². The van der Waals surface area contributed by atoms with Crippen LogP contribution in [0.5, 0.6) is 0 Å². The van der Waals surface area contributed by atoms with Crippen LogP contribution in [-0.2, 0) is 23.9 Å². The topological polar surface area (TPSA) is 110 Å². The minimum absolute atomic E-state index is 0.0216. The monoisotopic (exact) mass is 392 g/mol. The van der Waals surface area contributed by atoms with E-state index in [9.17, 15) is 24.6 Å². The second kappa shape index (κ2) is 8.41. The number of fused-ring (bicyclic) bond motifs is 1. The Kier molecular flexibility index (Phi) is 6.62. The number of hydrogen-bond donors (Lipinski definition) is 2. The molecule has 0 aromatic carbocycles. The molecule has 1 aliphatic carbocycles. The molecule has 0 unspecified atom stereocenters. The Labute approximate surface area is 164 Å². The Bertz CT molecular complexity index is 759. The van der Waals surface area contributed by atoms with Gasteiger partial charge in [-0.05, 0) is 43.9 Å². The molecule has 0 aromatic rings. The van der Waals surface area contributed by atoms with Gasteiger partial charge < -0.3 is 19.7 Å². The number of hydrogen-bond acceptors (Lipinski definition) is 7. The van der Waals surface area contributed by atoms with Gasteiger partial charge in [0.05, 0.1) is 17.6 Å². The molecular formula is C21H28O7. The largest absolute Gasteiger partial charge is 0.466 e. The quantitative estimate of drug-likeness (QED) is 0.503. The van der Waals surface area contributed by atoms with Gasteiger partial charge in [0.2, 0.25) is 17.2 Å². The van der Waals surface area contributed by atoms with Crippen LogP contribution in [0, 0.1) is 11.8 Å². The lowest BCUT2D eigenvalue weighted by atomic mass is 9.80. The van der Waals surface area contributed by atoms with E-state index in [4.69, 9.17) is 9.47 Å². The SMILES string of the molecule is CC[C@H](C)C[C@@H](C)C(=O)O[C@@]1(C)C(=O)C=C2C=C([C@@H](O)[C@H](C)O)OC=C2C1=O. The molecule has 0 aromatic heterocycles. The number of esters is 1. The highest BCUT2D eigenvalue weighted by Gasteiger charge is 2.50. The van der Waals surface area contributed by atoms with Crippen molar-refractivity contribution in [2.24, 2.45) is 11.8 Å². The number of rotatable bonds is 7. The van der Waals surface area contributed by atoms with Crippen LogP contribution in [0.15, 0.2) is 35.3 Å². The Balaban J connectivity index is 2.25. The molecule has 0 bridgehead atoms. The second-order valence-electron chi connectivity index (χ2n) is 7.78.